The third-order valence-corrected chi connectivity index (χ3v) is 6.39. The number of carbonyl (C=O) groups is 2. The van der Waals surface area contributed by atoms with Gasteiger partial charge in [0.2, 0.25) is 5.91 Å². The van der Waals surface area contributed by atoms with E-state index in [9.17, 15) is 24.1 Å². The van der Waals surface area contributed by atoms with Crippen molar-refractivity contribution in [2.75, 3.05) is 10.6 Å². The lowest BCUT2D eigenvalue weighted by Crippen LogP contribution is -2.19. The first kappa shape index (κ1) is 24.6. The second-order valence-corrected chi connectivity index (χ2v) is 8.87. The van der Waals surface area contributed by atoms with Crippen molar-refractivity contribution in [2.24, 2.45) is 0 Å². The normalized spacial score (nSPS) is 11.4. The molecule has 0 fully saturated rings. The highest BCUT2D eigenvalue weighted by atomic mass is 32.2. The minimum atomic E-state index is -0.635. The number of nitrogens with one attached hydrogen (secondary N) is 2. The number of hydrogen-bond donors (Lipinski definition) is 2. The van der Waals surface area contributed by atoms with Gasteiger partial charge >= 0.3 is 0 Å². The summed E-state index contributed by atoms with van der Waals surface area (Å²) < 4.78 is 13.1. The fraction of sp³-hybridized carbons (Fsp3) is 0.0370. The zero-order chi connectivity index (χ0) is 25.5. The molecule has 2 N–H and O–H groups in total. The van der Waals surface area contributed by atoms with Gasteiger partial charge in [0, 0.05) is 34.0 Å². The Balaban J connectivity index is 1.52. The van der Waals surface area contributed by atoms with E-state index in [1.807, 2.05) is 36.4 Å². The van der Waals surface area contributed by atoms with Crippen LogP contribution >= 0.6 is 11.8 Å². The Morgan fingerprint density at radius 2 is 1.50 bits per heavy atom. The minimum absolute atomic E-state index is 0.0681. The molecular formula is C27H20FN3O4S. The van der Waals surface area contributed by atoms with Crippen LogP contribution < -0.4 is 10.6 Å². The Morgan fingerprint density at radius 1 is 0.806 bits per heavy atom. The molecule has 0 aromatic heterocycles. The summed E-state index contributed by atoms with van der Waals surface area (Å²) in [5.41, 5.74) is 1.98. The maximum Gasteiger partial charge on any atom is 0.269 e. The summed E-state index contributed by atoms with van der Waals surface area (Å²) in [6.07, 6.45) is 0. The van der Waals surface area contributed by atoms with Crippen molar-refractivity contribution in [1.82, 2.24) is 0 Å². The maximum atomic E-state index is 13.2. The molecule has 180 valence electrons. The number of benzene rings is 4. The van der Waals surface area contributed by atoms with Gasteiger partial charge in [0.15, 0.2) is 0 Å². The average molecular weight is 502 g/mol. The van der Waals surface area contributed by atoms with Gasteiger partial charge in [-0.05, 0) is 60.2 Å². The van der Waals surface area contributed by atoms with Crippen LogP contribution in [-0.4, -0.2) is 16.7 Å². The lowest BCUT2D eigenvalue weighted by Gasteiger charge is -2.18. The first-order chi connectivity index (χ1) is 17.4. The highest BCUT2D eigenvalue weighted by Gasteiger charge is 2.23. The molecule has 0 aliphatic rings. The van der Waals surface area contributed by atoms with Crippen LogP contribution in [0.1, 0.15) is 21.2 Å². The zero-order valence-electron chi connectivity index (χ0n) is 18.8. The molecule has 0 saturated heterocycles. The quantitative estimate of drug-likeness (QED) is 0.164. The van der Waals surface area contributed by atoms with Crippen LogP contribution in [-0.2, 0) is 4.79 Å². The number of carbonyl (C=O) groups excluding carboxylic acids is 2. The van der Waals surface area contributed by atoms with E-state index < -0.39 is 16.0 Å². The van der Waals surface area contributed by atoms with Gasteiger partial charge < -0.3 is 10.6 Å². The number of rotatable bonds is 8. The smallest absolute Gasteiger partial charge is 0.269 e. The number of nitro groups is 1. The van der Waals surface area contributed by atoms with Crippen molar-refractivity contribution in [3.63, 3.8) is 0 Å². The molecule has 4 rings (SSSR count). The predicted octanol–water partition coefficient (Wildman–Crippen LogP) is 6.46. The molecule has 0 aliphatic heterocycles. The summed E-state index contributed by atoms with van der Waals surface area (Å²) in [7, 11) is 0. The van der Waals surface area contributed by atoms with E-state index in [1.165, 1.54) is 60.3 Å². The predicted molar refractivity (Wildman–Crippen MR) is 138 cm³/mol. The fourth-order valence-corrected chi connectivity index (χ4v) is 4.45. The number of nitro benzene ring substituents is 1. The molecule has 2 amide bonds. The van der Waals surface area contributed by atoms with Crippen molar-refractivity contribution in [1.29, 1.82) is 0 Å². The van der Waals surface area contributed by atoms with E-state index in [-0.39, 0.29) is 17.5 Å². The molecule has 4 aromatic rings. The van der Waals surface area contributed by atoms with Crippen molar-refractivity contribution >= 4 is 40.6 Å². The van der Waals surface area contributed by atoms with Gasteiger partial charge in [0.25, 0.3) is 11.6 Å². The molecule has 7 nitrogen and oxygen atoms in total. The molecule has 4 aromatic carbocycles. The fourth-order valence-electron chi connectivity index (χ4n) is 3.36. The molecule has 0 saturated carbocycles. The molecule has 0 heterocycles. The molecule has 0 bridgehead atoms. The van der Waals surface area contributed by atoms with Crippen molar-refractivity contribution in [3.8, 4) is 0 Å². The van der Waals surface area contributed by atoms with Gasteiger partial charge in [-0.1, -0.05) is 36.4 Å². The lowest BCUT2D eigenvalue weighted by molar-refractivity contribution is -0.384. The molecule has 0 radical (unpaired) electrons. The summed E-state index contributed by atoms with van der Waals surface area (Å²) >= 11 is 1.30. The first-order valence-electron chi connectivity index (χ1n) is 10.8. The lowest BCUT2D eigenvalue weighted by atomic mass is 10.1. The summed E-state index contributed by atoms with van der Waals surface area (Å²) in [5, 5.41) is 15.9. The Labute approximate surface area is 210 Å². The topological polar surface area (TPSA) is 101 Å². The summed E-state index contributed by atoms with van der Waals surface area (Å²) in [6.45, 7) is 0. The molecule has 0 aliphatic carbocycles. The maximum absolute atomic E-state index is 13.2. The number of non-ortho nitro benzene ring substituents is 1. The monoisotopic (exact) mass is 501 g/mol. The number of halogens is 1. The van der Waals surface area contributed by atoms with Crippen LogP contribution in [0.4, 0.5) is 21.5 Å². The molecule has 0 spiro atoms. The van der Waals surface area contributed by atoms with E-state index in [0.29, 0.717) is 16.9 Å². The van der Waals surface area contributed by atoms with Gasteiger partial charge in [-0.15, -0.1) is 11.8 Å². The Kier molecular flexibility index (Phi) is 7.72. The Bertz CT molecular complexity index is 1380. The number of amides is 2. The zero-order valence-corrected chi connectivity index (χ0v) is 19.6. The number of hydrogen-bond acceptors (Lipinski definition) is 5. The summed E-state index contributed by atoms with van der Waals surface area (Å²) in [6, 6.07) is 27.1. The van der Waals surface area contributed by atoms with Crippen molar-refractivity contribution < 1.29 is 18.9 Å². The van der Waals surface area contributed by atoms with Gasteiger partial charge in [-0.25, -0.2) is 4.39 Å². The Morgan fingerprint density at radius 3 is 2.17 bits per heavy atom. The van der Waals surface area contributed by atoms with E-state index in [4.69, 9.17) is 0 Å². The third kappa shape index (κ3) is 6.34. The van der Waals surface area contributed by atoms with E-state index in [1.54, 1.807) is 18.2 Å². The Hall–Kier alpha value is -4.50. The van der Waals surface area contributed by atoms with E-state index in [2.05, 4.69) is 10.6 Å². The highest BCUT2D eigenvalue weighted by molar-refractivity contribution is 8.00. The second kappa shape index (κ2) is 11.3. The van der Waals surface area contributed by atoms with Gasteiger partial charge in [0.1, 0.15) is 11.1 Å². The van der Waals surface area contributed by atoms with E-state index in [0.717, 1.165) is 10.5 Å². The molecule has 9 heteroatoms. The molecule has 1 unspecified atom stereocenters. The van der Waals surface area contributed by atoms with Crippen LogP contribution in [0.3, 0.4) is 0 Å². The first-order valence-corrected chi connectivity index (χ1v) is 11.7. The molecule has 36 heavy (non-hydrogen) atoms. The minimum Gasteiger partial charge on any atom is -0.325 e. The van der Waals surface area contributed by atoms with Crippen molar-refractivity contribution in [3.05, 3.63) is 130 Å². The van der Waals surface area contributed by atoms with Crippen LogP contribution in [0.25, 0.3) is 0 Å². The third-order valence-electron chi connectivity index (χ3n) is 5.14. The van der Waals surface area contributed by atoms with Crippen LogP contribution in [0.15, 0.2) is 108 Å². The van der Waals surface area contributed by atoms with Crippen LogP contribution in [0, 0.1) is 15.9 Å². The molecular weight excluding hydrogens is 481 g/mol. The number of thioether (sulfide) groups is 1. The van der Waals surface area contributed by atoms with Crippen molar-refractivity contribution in [2.45, 2.75) is 10.1 Å². The average Bonchev–Trinajstić information content (AvgIpc) is 2.88. The summed E-state index contributed by atoms with van der Waals surface area (Å²) in [5.74, 6) is -1.11. The summed E-state index contributed by atoms with van der Waals surface area (Å²) in [4.78, 5) is 36.9. The molecule has 1 atom stereocenters. The SMILES string of the molecule is O=C(Nc1cccc(SC(C(=O)Nc2ccc([N+](=O)[O-])cc2)c2ccccc2)c1)c1ccc(F)cc1. The standard InChI is InChI=1S/C27H20FN3O4S/c28-20-11-9-19(10-12-20)26(32)30-22-7-4-8-24(17-22)36-25(18-5-2-1-3-6-18)27(33)29-21-13-15-23(16-14-21)31(34)35/h1-17,25H,(H,29,33)(H,30,32). The van der Waals surface area contributed by atoms with Gasteiger partial charge in [-0.3, -0.25) is 19.7 Å². The van der Waals surface area contributed by atoms with Crippen LogP contribution in [0.5, 0.6) is 0 Å². The second-order valence-electron chi connectivity index (χ2n) is 7.69. The number of nitrogens with zero attached hydrogens (tertiary/aromatic N) is 1. The largest absolute Gasteiger partial charge is 0.325 e. The van der Waals surface area contributed by atoms with Gasteiger partial charge in [0.05, 0.1) is 4.92 Å². The van der Waals surface area contributed by atoms with Crippen LogP contribution in [0.2, 0.25) is 0 Å². The number of anilines is 2. The van der Waals surface area contributed by atoms with E-state index >= 15 is 0 Å². The van der Waals surface area contributed by atoms with Gasteiger partial charge in [-0.2, -0.15) is 0 Å². The highest BCUT2D eigenvalue weighted by Crippen LogP contribution is 2.37.